The van der Waals surface area contributed by atoms with Gasteiger partial charge in [0.05, 0.1) is 11.0 Å². The molecule has 7 nitrogen and oxygen atoms in total. The third-order valence-corrected chi connectivity index (χ3v) is 4.79. The second kappa shape index (κ2) is 6.67. The molecule has 1 amide bonds. The Kier molecular flexibility index (Phi) is 4.20. The molecule has 2 heterocycles. The van der Waals surface area contributed by atoms with Gasteiger partial charge in [0.15, 0.2) is 11.5 Å². The molecule has 0 N–H and O–H groups in total. The van der Waals surface area contributed by atoms with Crippen LogP contribution in [0, 0.1) is 10.1 Å². The van der Waals surface area contributed by atoms with Gasteiger partial charge in [-0.1, -0.05) is 6.07 Å². The maximum Gasteiger partial charge on any atom is 0.269 e. The number of nitro benzene ring substituents is 1. The van der Waals surface area contributed by atoms with Crippen LogP contribution in [-0.2, 0) is 0 Å². The molecule has 1 saturated heterocycles. The second-order valence-corrected chi connectivity index (χ2v) is 6.36. The summed E-state index contributed by atoms with van der Waals surface area (Å²) in [6.07, 6.45) is 1.79. The zero-order chi connectivity index (χ0) is 18.1. The lowest BCUT2D eigenvalue weighted by molar-refractivity contribution is -0.384. The molecule has 0 spiro atoms. The highest BCUT2D eigenvalue weighted by Gasteiger charge is 2.31. The molecule has 1 unspecified atom stereocenters. The zero-order valence-electron chi connectivity index (χ0n) is 14.1. The Morgan fingerprint density at radius 2 is 1.81 bits per heavy atom. The van der Waals surface area contributed by atoms with Gasteiger partial charge < -0.3 is 14.4 Å². The van der Waals surface area contributed by atoms with E-state index in [0.717, 1.165) is 24.2 Å². The minimum absolute atomic E-state index is 0.0219. The van der Waals surface area contributed by atoms with Gasteiger partial charge in [-0.05, 0) is 42.7 Å². The average molecular weight is 354 g/mol. The van der Waals surface area contributed by atoms with Crippen molar-refractivity contribution in [2.45, 2.75) is 18.9 Å². The van der Waals surface area contributed by atoms with Crippen molar-refractivity contribution in [1.29, 1.82) is 0 Å². The number of benzene rings is 2. The number of ether oxygens (including phenoxy) is 2. The van der Waals surface area contributed by atoms with E-state index in [-0.39, 0.29) is 17.6 Å². The van der Waals surface area contributed by atoms with Crippen LogP contribution in [0.1, 0.15) is 34.8 Å². The van der Waals surface area contributed by atoms with Crippen LogP contribution in [-0.4, -0.2) is 35.5 Å². The lowest BCUT2D eigenvalue weighted by Gasteiger charge is -2.27. The molecular formula is C19H18N2O5. The van der Waals surface area contributed by atoms with E-state index in [9.17, 15) is 14.9 Å². The molecule has 2 aliphatic heterocycles. The molecule has 0 aromatic heterocycles. The van der Waals surface area contributed by atoms with E-state index in [1.165, 1.54) is 24.3 Å². The maximum absolute atomic E-state index is 12.9. The van der Waals surface area contributed by atoms with Gasteiger partial charge >= 0.3 is 0 Å². The number of hydrogen-bond donors (Lipinski definition) is 0. The van der Waals surface area contributed by atoms with Crippen molar-refractivity contribution in [1.82, 2.24) is 4.90 Å². The number of likely N-dealkylation sites (tertiary alicyclic amines) is 1. The minimum Gasteiger partial charge on any atom is -0.486 e. The molecular weight excluding hydrogens is 336 g/mol. The first-order valence-corrected chi connectivity index (χ1v) is 8.58. The maximum atomic E-state index is 12.9. The quantitative estimate of drug-likeness (QED) is 0.624. The summed E-state index contributed by atoms with van der Waals surface area (Å²) in [5.41, 5.74) is 1.45. The molecule has 1 atom stereocenters. The van der Waals surface area contributed by atoms with E-state index in [1.807, 2.05) is 23.1 Å². The fraction of sp³-hybridized carbons (Fsp3) is 0.316. The van der Waals surface area contributed by atoms with Crippen molar-refractivity contribution in [3.8, 4) is 11.5 Å². The summed E-state index contributed by atoms with van der Waals surface area (Å²) in [4.78, 5) is 25.0. The van der Waals surface area contributed by atoms with Crippen molar-refractivity contribution in [3.05, 3.63) is 63.7 Å². The Labute approximate surface area is 150 Å². The van der Waals surface area contributed by atoms with Crippen molar-refractivity contribution in [2.24, 2.45) is 0 Å². The van der Waals surface area contributed by atoms with Crippen LogP contribution in [0.3, 0.4) is 0 Å². The summed E-state index contributed by atoms with van der Waals surface area (Å²) in [6, 6.07) is 11.5. The van der Waals surface area contributed by atoms with E-state index in [2.05, 4.69) is 0 Å². The number of hydrogen-bond acceptors (Lipinski definition) is 5. The van der Waals surface area contributed by atoms with Crippen molar-refractivity contribution < 1.29 is 19.2 Å². The predicted molar refractivity (Wildman–Crippen MR) is 93.5 cm³/mol. The number of carbonyl (C=O) groups excluding carboxylic acids is 1. The summed E-state index contributed by atoms with van der Waals surface area (Å²) in [6.45, 7) is 1.72. The standard InChI is InChI=1S/C19H18N2O5/c22-19(13-3-6-15(7-4-13)21(23)24)20-9-1-2-16(20)14-5-8-17-18(12-14)26-11-10-25-17/h3-8,12,16H,1-2,9-11H2. The monoisotopic (exact) mass is 354 g/mol. The fourth-order valence-electron chi connectivity index (χ4n) is 3.52. The van der Waals surface area contributed by atoms with Gasteiger partial charge in [0.1, 0.15) is 13.2 Å². The van der Waals surface area contributed by atoms with Crippen LogP contribution >= 0.6 is 0 Å². The van der Waals surface area contributed by atoms with E-state index in [0.29, 0.717) is 31.1 Å². The Hall–Kier alpha value is -3.09. The van der Waals surface area contributed by atoms with E-state index in [4.69, 9.17) is 9.47 Å². The van der Waals surface area contributed by atoms with E-state index in [1.54, 1.807) is 0 Å². The first-order valence-electron chi connectivity index (χ1n) is 8.58. The highest BCUT2D eigenvalue weighted by atomic mass is 16.6. The summed E-state index contributed by atoms with van der Waals surface area (Å²) < 4.78 is 11.2. The van der Waals surface area contributed by atoms with Crippen LogP contribution in [0.2, 0.25) is 0 Å². The number of carbonyl (C=O) groups is 1. The topological polar surface area (TPSA) is 81.9 Å². The lowest BCUT2D eigenvalue weighted by atomic mass is 10.0. The summed E-state index contributed by atoms with van der Waals surface area (Å²) >= 11 is 0. The van der Waals surface area contributed by atoms with Gasteiger partial charge in [-0.3, -0.25) is 14.9 Å². The van der Waals surface area contributed by atoms with Gasteiger partial charge in [0, 0.05) is 24.2 Å². The molecule has 1 fully saturated rings. The van der Waals surface area contributed by atoms with Gasteiger partial charge in [-0.2, -0.15) is 0 Å². The molecule has 26 heavy (non-hydrogen) atoms. The van der Waals surface area contributed by atoms with Gasteiger partial charge in [-0.15, -0.1) is 0 Å². The van der Waals surface area contributed by atoms with Gasteiger partial charge in [-0.25, -0.2) is 0 Å². The SMILES string of the molecule is O=C(c1ccc([N+](=O)[O-])cc1)N1CCCC1c1ccc2c(c1)OCCO2. The van der Waals surface area contributed by atoms with Crippen LogP contribution in [0.4, 0.5) is 5.69 Å². The second-order valence-electron chi connectivity index (χ2n) is 6.36. The molecule has 4 rings (SSSR count). The number of amides is 1. The van der Waals surface area contributed by atoms with E-state index >= 15 is 0 Å². The summed E-state index contributed by atoms with van der Waals surface area (Å²) in [5.74, 6) is 1.33. The largest absolute Gasteiger partial charge is 0.486 e. The van der Waals surface area contributed by atoms with Gasteiger partial charge in [0.2, 0.25) is 0 Å². The zero-order valence-corrected chi connectivity index (χ0v) is 14.1. The Balaban J connectivity index is 1.58. The van der Waals surface area contributed by atoms with Crippen LogP contribution in [0.25, 0.3) is 0 Å². The lowest BCUT2D eigenvalue weighted by Crippen LogP contribution is -2.30. The molecule has 134 valence electrons. The number of nitro groups is 1. The van der Waals surface area contributed by atoms with Gasteiger partial charge in [0.25, 0.3) is 11.6 Å². The molecule has 0 radical (unpaired) electrons. The normalized spacial score (nSPS) is 18.6. The molecule has 0 bridgehead atoms. The molecule has 2 aromatic rings. The Bertz CT molecular complexity index is 850. The van der Waals surface area contributed by atoms with Crippen molar-refractivity contribution in [3.63, 3.8) is 0 Å². The van der Waals surface area contributed by atoms with Crippen LogP contribution < -0.4 is 9.47 Å². The number of non-ortho nitro benzene ring substituents is 1. The fourth-order valence-corrected chi connectivity index (χ4v) is 3.52. The average Bonchev–Trinajstić information content (AvgIpc) is 3.17. The highest BCUT2D eigenvalue weighted by molar-refractivity contribution is 5.95. The molecule has 7 heteroatoms. The molecule has 0 aliphatic carbocycles. The molecule has 2 aliphatic rings. The molecule has 2 aromatic carbocycles. The first-order chi connectivity index (χ1) is 12.6. The summed E-state index contributed by atoms with van der Waals surface area (Å²) in [5, 5.41) is 10.8. The number of fused-ring (bicyclic) bond motifs is 1. The summed E-state index contributed by atoms with van der Waals surface area (Å²) in [7, 11) is 0. The highest BCUT2D eigenvalue weighted by Crippen LogP contribution is 2.38. The Morgan fingerprint density at radius 3 is 2.54 bits per heavy atom. The van der Waals surface area contributed by atoms with Crippen molar-refractivity contribution >= 4 is 11.6 Å². The number of nitrogens with zero attached hydrogens (tertiary/aromatic N) is 2. The first kappa shape index (κ1) is 16.4. The molecule has 0 saturated carbocycles. The Morgan fingerprint density at radius 1 is 1.08 bits per heavy atom. The number of rotatable bonds is 3. The third-order valence-electron chi connectivity index (χ3n) is 4.79. The van der Waals surface area contributed by atoms with E-state index < -0.39 is 4.92 Å². The van der Waals surface area contributed by atoms with Crippen molar-refractivity contribution in [2.75, 3.05) is 19.8 Å². The third kappa shape index (κ3) is 2.96. The minimum atomic E-state index is -0.470. The smallest absolute Gasteiger partial charge is 0.269 e. The van der Waals surface area contributed by atoms with Crippen LogP contribution in [0.15, 0.2) is 42.5 Å². The van der Waals surface area contributed by atoms with Crippen LogP contribution in [0.5, 0.6) is 11.5 Å². The predicted octanol–water partition coefficient (Wildman–Crippen LogP) is 3.34.